The van der Waals surface area contributed by atoms with Crippen LogP contribution in [0.25, 0.3) is 0 Å². The molecule has 1 aliphatic rings. The average Bonchev–Trinajstić information content (AvgIpc) is 2.99. The van der Waals surface area contributed by atoms with Gasteiger partial charge in [-0.15, -0.1) is 0 Å². The smallest absolute Gasteiger partial charge is 0.254 e. The summed E-state index contributed by atoms with van der Waals surface area (Å²) in [5.41, 5.74) is 2.63. The molecule has 0 fully saturated rings. The number of benzene rings is 1. The maximum atomic E-state index is 12.5. The fraction of sp³-hybridized carbons (Fsp3) is 0.353. The Morgan fingerprint density at radius 1 is 1.27 bits per heavy atom. The molecule has 0 spiro atoms. The summed E-state index contributed by atoms with van der Waals surface area (Å²) in [4.78, 5) is 22.5. The minimum absolute atomic E-state index is 0.0121. The van der Waals surface area contributed by atoms with Crippen molar-refractivity contribution in [2.45, 2.75) is 32.9 Å². The van der Waals surface area contributed by atoms with Crippen molar-refractivity contribution in [3.63, 3.8) is 0 Å². The lowest BCUT2D eigenvalue weighted by Gasteiger charge is -2.15. The SMILES string of the molecule is CCCCOc1ccc(C(=O)N2Cc3cncnc3C2)cc1. The van der Waals surface area contributed by atoms with Gasteiger partial charge in [-0.3, -0.25) is 4.79 Å². The quantitative estimate of drug-likeness (QED) is 0.796. The van der Waals surface area contributed by atoms with Crippen molar-refractivity contribution >= 4 is 5.91 Å². The first kappa shape index (κ1) is 14.5. The van der Waals surface area contributed by atoms with Gasteiger partial charge < -0.3 is 9.64 Å². The van der Waals surface area contributed by atoms with Crippen LogP contribution >= 0.6 is 0 Å². The zero-order chi connectivity index (χ0) is 15.4. The van der Waals surface area contributed by atoms with Crippen LogP contribution in [0.1, 0.15) is 41.4 Å². The van der Waals surface area contributed by atoms with E-state index in [0.717, 1.165) is 29.8 Å². The Balaban J connectivity index is 1.64. The van der Waals surface area contributed by atoms with E-state index in [1.165, 1.54) is 6.33 Å². The summed E-state index contributed by atoms with van der Waals surface area (Å²) in [5.74, 6) is 0.818. The molecule has 1 aliphatic heterocycles. The van der Waals surface area contributed by atoms with E-state index < -0.39 is 0 Å². The third-order valence-electron chi connectivity index (χ3n) is 3.74. The molecular formula is C17H19N3O2. The maximum absolute atomic E-state index is 12.5. The van der Waals surface area contributed by atoms with Gasteiger partial charge in [-0.25, -0.2) is 9.97 Å². The molecule has 1 aromatic carbocycles. The first-order valence-corrected chi connectivity index (χ1v) is 7.58. The molecule has 0 N–H and O–H groups in total. The Morgan fingerprint density at radius 2 is 2.09 bits per heavy atom. The van der Waals surface area contributed by atoms with Crippen LogP contribution in [0.2, 0.25) is 0 Å². The number of aromatic nitrogens is 2. The van der Waals surface area contributed by atoms with Crippen molar-refractivity contribution in [1.29, 1.82) is 0 Å². The molecule has 0 aliphatic carbocycles. The van der Waals surface area contributed by atoms with Gasteiger partial charge in [-0.2, -0.15) is 0 Å². The minimum Gasteiger partial charge on any atom is -0.494 e. The van der Waals surface area contributed by atoms with Crippen LogP contribution in [-0.2, 0) is 13.1 Å². The van der Waals surface area contributed by atoms with Crippen LogP contribution in [0.5, 0.6) is 5.75 Å². The number of hydrogen-bond donors (Lipinski definition) is 0. The minimum atomic E-state index is 0.0121. The molecule has 0 bridgehead atoms. The third-order valence-corrected chi connectivity index (χ3v) is 3.74. The largest absolute Gasteiger partial charge is 0.494 e. The van der Waals surface area contributed by atoms with Gasteiger partial charge >= 0.3 is 0 Å². The lowest BCUT2D eigenvalue weighted by molar-refractivity contribution is 0.0750. The lowest BCUT2D eigenvalue weighted by Crippen LogP contribution is -2.25. The molecule has 0 saturated heterocycles. The zero-order valence-electron chi connectivity index (χ0n) is 12.7. The van der Waals surface area contributed by atoms with Crippen molar-refractivity contribution < 1.29 is 9.53 Å². The Morgan fingerprint density at radius 3 is 2.82 bits per heavy atom. The van der Waals surface area contributed by atoms with Crippen LogP contribution in [0.4, 0.5) is 0 Å². The van der Waals surface area contributed by atoms with Crippen LogP contribution in [-0.4, -0.2) is 27.4 Å². The number of rotatable bonds is 5. The number of nitrogens with zero attached hydrogens (tertiary/aromatic N) is 3. The van der Waals surface area contributed by atoms with E-state index in [-0.39, 0.29) is 5.91 Å². The molecular weight excluding hydrogens is 278 g/mol. The number of unbranched alkanes of at least 4 members (excludes halogenated alkanes) is 1. The third kappa shape index (κ3) is 3.08. The van der Waals surface area contributed by atoms with Gasteiger partial charge in [-0.1, -0.05) is 13.3 Å². The molecule has 0 unspecified atom stereocenters. The van der Waals surface area contributed by atoms with Crippen molar-refractivity contribution in [3.8, 4) is 5.75 Å². The van der Waals surface area contributed by atoms with E-state index in [0.29, 0.717) is 25.3 Å². The molecule has 1 aromatic heterocycles. The lowest BCUT2D eigenvalue weighted by atomic mass is 10.2. The highest BCUT2D eigenvalue weighted by Gasteiger charge is 2.25. The van der Waals surface area contributed by atoms with Crippen molar-refractivity contribution in [2.75, 3.05) is 6.61 Å². The van der Waals surface area contributed by atoms with Gasteiger partial charge in [-0.05, 0) is 30.7 Å². The predicted molar refractivity (Wildman–Crippen MR) is 82.5 cm³/mol. The molecule has 0 saturated carbocycles. The van der Waals surface area contributed by atoms with E-state index >= 15 is 0 Å². The topological polar surface area (TPSA) is 55.3 Å². The number of carbonyl (C=O) groups is 1. The second kappa shape index (κ2) is 6.56. The van der Waals surface area contributed by atoms with Gasteiger partial charge in [0.25, 0.3) is 5.91 Å². The molecule has 0 radical (unpaired) electrons. The molecule has 0 atom stereocenters. The number of hydrogen-bond acceptors (Lipinski definition) is 4. The van der Waals surface area contributed by atoms with Crippen LogP contribution in [0, 0.1) is 0 Å². The number of fused-ring (bicyclic) bond motifs is 1. The molecule has 22 heavy (non-hydrogen) atoms. The van der Waals surface area contributed by atoms with Crippen molar-refractivity contribution in [1.82, 2.24) is 14.9 Å². The molecule has 3 rings (SSSR count). The Bertz CT molecular complexity index is 630. The van der Waals surface area contributed by atoms with Crippen LogP contribution < -0.4 is 4.74 Å². The normalized spacial score (nSPS) is 13.0. The molecule has 5 heteroatoms. The summed E-state index contributed by atoms with van der Waals surface area (Å²) in [6.07, 6.45) is 5.44. The fourth-order valence-electron chi connectivity index (χ4n) is 2.45. The summed E-state index contributed by atoms with van der Waals surface area (Å²) >= 11 is 0. The monoisotopic (exact) mass is 297 g/mol. The first-order valence-electron chi connectivity index (χ1n) is 7.58. The van der Waals surface area contributed by atoms with Crippen LogP contribution in [0.3, 0.4) is 0 Å². The number of carbonyl (C=O) groups excluding carboxylic acids is 1. The molecule has 1 amide bonds. The highest BCUT2D eigenvalue weighted by Crippen LogP contribution is 2.22. The van der Waals surface area contributed by atoms with Crippen LogP contribution in [0.15, 0.2) is 36.8 Å². The molecule has 2 heterocycles. The zero-order valence-corrected chi connectivity index (χ0v) is 12.7. The van der Waals surface area contributed by atoms with E-state index in [1.807, 2.05) is 24.3 Å². The average molecular weight is 297 g/mol. The summed E-state index contributed by atoms with van der Waals surface area (Å²) in [7, 11) is 0. The predicted octanol–water partition coefficient (Wildman–Crippen LogP) is 2.81. The van der Waals surface area contributed by atoms with E-state index in [4.69, 9.17) is 4.74 Å². The van der Waals surface area contributed by atoms with Gasteiger partial charge in [0, 0.05) is 23.9 Å². The second-order valence-corrected chi connectivity index (χ2v) is 5.38. The van der Waals surface area contributed by atoms with E-state index in [9.17, 15) is 4.79 Å². The summed E-state index contributed by atoms with van der Waals surface area (Å²) in [6, 6.07) is 7.34. The highest BCUT2D eigenvalue weighted by molar-refractivity contribution is 5.94. The van der Waals surface area contributed by atoms with Gasteiger partial charge in [0.1, 0.15) is 12.1 Å². The fourth-order valence-corrected chi connectivity index (χ4v) is 2.45. The summed E-state index contributed by atoms with van der Waals surface area (Å²) in [6.45, 7) is 3.96. The summed E-state index contributed by atoms with van der Waals surface area (Å²) in [5, 5.41) is 0. The van der Waals surface area contributed by atoms with Gasteiger partial charge in [0.05, 0.1) is 18.8 Å². The summed E-state index contributed by atoms with van der Waals surface area (Å²) < 4.78 is 5.61. The van der Waals surface area contributed by atoms with Crippen molar-refractivity contribution in [3.05, 3.63) is 53.6 Å². The van der Waals surface area contributed by atoms with E-state index in [2.05, 4.69) is 16.9 Å². The number of ether oxygens (including phenoxy) is 1. The standard InChI is InChI=1S/C17H19N3O2/c1-2-3-8-22-15-6-4-13(5-7-15)17(21)20-10-14-9-18-12-19-16(14)11-20/h4-7,9,12H,2-3,8,10-11H2,1H3. The molecule has 2 aromatic rings. The molecule has 114 valence electrons. The Labute approximate surface area is 130 Å². The Hall–Kier alpha value is -2.43. The first-order chi connectivity index (χ1) is 10.8. The Kier molecular flexibility index (Phi) is 4.32. The number of amides is 1. The maximum Gasteiger partial charge on any atom is 0.254 e. The highest BCUT2D eigenvalue weighted by atomic mass is 16.5. The van der Waals surface area contributed by atoms with Gasteiger partial charge in [0.15, 0.2) is 0 Å². The second-order valence-electron chi connectivity index (χ2n) is 5.38. The van der Waals surface area contributed by atoms with Crippen molar-refractivity contribution in [2.24, 2.45) is 0 Å². The van der Waals surface area contributed by atoms with E-state index in [1.54, 1.807) is 11.1 Å². The van der Waals surface area contributed by atoms with Gasteiger partial charge in [0.2, 0.25) is 0 Å². The molecule has 5 nitrogen and oxygen atoms in total.